The molecule has 286 valence electrons. The number of para-hydroxylation sites is 3. The molecule has 0 amide bonds. The van der Waals surface area contributed by atoms with Gasteiger partial charge in [0.1, 0.15) is 19.2 Å². The van der Waals surface area contributed by atoms with Crippen LogP contribution in [0.3, 0.4) is 0 Å². The van der Waals surface area contributed by atoms with Crippen molar-refractivity contribution in [3.05, 3.63) is 138 Å². The van der Waals surface area contributed by atoms with Crippen molar-refractivity contribution >= 4 is 118 Å². The second kappa shape index (κ2) is 11.2. The molecule has 0 saturated carbocycles. The molecule has 4 aliphatic rings. The van der Waals surface area contributed by atoms with Crippen LogP contribution in [0.1, 0.15) is 57.2 Å². The molecule has 0 saturated heterocycles. The van der Waals surface area contributed by atoms with Crippen LogP contribution in [0.2, 0.25) is 13.1 Å². The Kier molecular flexibility index (Phi) is 6.50. The molecule has 0 bridgehead atoms. The molecule has 0 spiro atoms. The van der Waals surface area contributed by atoms with Crippen LogP contribution in [0.15, 0.2) is 126 Å². The zero-order valence-electron chi connectivity index (χ0n) is 34.7. The number of hydrogen-bond acceptors (Lipinski definition) is 4. The van der Waals surface area contributed by atoms with E-state index in [1.165, 1.54) is 121 Å². The first-order valence-corrected chi connectivity index (χ1v) is 25.2. The third-order valence-corrected chi connectivity index (χ3v) is 19.7. The Balaban J connectivity index is 1.24. The van der Waals surface area contributed by atoms with E-state index in [2.05, 4.69) is 179 Å². The molecule has 0 unspecified atom stereocenters. The predicted molar refractivity (Wildman–Crippen MR) is 257 cm³/mol. The van der Waals surface area contributed by atoms with Crippen molar-refractivity contribution in [2.75, 3.05) is 9.71 Å². The van der Waals surface area contributed by atoms with E-state index < -0.39 is 8.07 Å². The molecular formula is C53H45BN2OSSi. The van der Waals surface area contributed by atoms with Crippen LogP contribution in [0, 0.1) is 6.92 Å². The molecule has 0 N–H and O–H groups in total. The maximum absolute atomic E-state index is 6.78. The summed E-state index contributed by atoms with van der Waals surface area (Å²) in [5.74, 6) is 0. The molecule has 59 heavy (non-hydrogen) atoms. The van der Waals surface area contributed by atoms with Crippen LogP contribution in [0.4, 0.5) is 28.4 Å². The lowest BCUT2D eigenvalue weighted by Gasteiger charge is -2.51. The predicted octanol–water partition coefficient (Wildman–Crippen LogP) is 12.5. The van der Waals surface area contributed by atoms with Gasteiger partial charge in [0, 0.05) is 76.6 Å². The summed E-state index contributed by atoms with van der Waals surface area (Å²) in [6.45, 7) is 17.2. The highest BCUT2D eigenvalue weighted by atomic mass is 32.1. The molecule has 6 heteroatoms. The number of rotatable bonds is 1. The quantitative estimate of drug-likeness (QED) is 0.154. The Bertz CT molecular complexity index is 3370. The van der Waals surface area contributed by atoms with Crippen molar-refractivity contribution < 1.29 is 4.42 Å². The van der Waals surface area contributed by atoms with Crippen LogP contribution in [0.25, 0.3) is 53.2 Å². The first kappa shape index (κ1) is 34.3. The molecule has 2 aromatic heterocycles. The first-order chi connectivity index (χ1) is 28.4. The van der Waals surface area contributed by atoms with Gasteiger partial charge < -0.3 is 14.1 Å². The minimum Gasteiger partial charge on any atom is -0.456 e. The number of benzene rings is 7. The van der Waals surface area contributed by atoms with Crippen LogP contribution in [-0.4, -0.2) is 14.9 Å². The van der Waals surface area contributed by atoms with E-state index in [9.17, 15) is 0 Å². The molecule has 0 atom stereocenters. The zero-order chi connectivity index (χ0) is 39.9. The number of furan rings is 1. The Labute approximate surface area is 351 Å². The topological polar surface area (TPSA) is 19.6 Å². The number of anilines is 5. The van der Waals surface area contributed by atoms with Gasteiger partial charge in [0.15, 0.2) is 0 Å². The molecule has 7 aromatic carbocycles. The van der Waals surface area contributed by atoms with Gasteiger partial charge in [-0.3, -0.25) is 0 Å². The van der Waals surface area contributed by atoms with Crippen LogP contribution < -0.4 is 31.0 Å². The Morgan fingerprint density at radius 2 is 1.34 bits per heavy atom. The second-order valence-corrected chi connectivity index (χ2v) is 24.9. The summed E-state index contributed by atoms with van der Waals surface area (Å²) in [7, 11) is -2.08. The zero-order valence-corrected chi connectivity index (χ0v) is 36.6. The molecule has 0 radical (unpaired) electrons. The highest BCUT2D eigenvalue weighted by Crippen LogP contribution is 2.55. The van der Waals surface area contributed by atoms with Crippen molar-refractivity contribution in [3.63, 3.8) is 0 Å². The minimum atomic E-state index is -2.08. The van der Waals surface area contributed by atoms with E-state index in [0.717, 1.165) is 11.2 Å². The van der Waals surface area contributed by atoms with Gasteiger partial charge in [-0.2, -0.15) is 0 Å². The van der Waals surface area contributed by atoms with Gasteiger partial charge in [-0.15, -0.1) is 11.3 Å². The summed E-state index contributed by atoms with van der Waals surface area (Å²) < 4.78 is 9.52. The van der Waals surface area contributed by atoms with Gasteiger partial charge in [0.05, 0.1) is 0 Å². The minimum absolute atomic E-state index is 0.0490. The van der Waals surface area contributed by atoms with E-state index >= 15 is 0 Å². The molecule has 0 fully saturated rings. The van der Waals surface area contributed by atoms with Crippen molar-refractivity contribution in [1.29, 1.82) is 0 Å². The molecule has 9 aromatic rings. The lowest BCUT2D eigenvalue weighted by atomic mass is 9.43. The summed E-state index contributed by atoms with van der Waals surface area (Å²) in [5, 5.41) is 8.05. The smallest absolute Gasteiger partial charge is 0.333 e. The highest BCUT2D eigenvalue weighted by molar-refractivity contribution is 7.26. The third-order valence-electron chi connectivity index (χ3n) is 15.0. The summed E-state index contributed by atoms with van der Waals surface area (Å²) in [4.78, 5) is 5.42. The molecule has 13 rings (SSSR count). The van der Waals surface area contributed by atoms with Crippen molar-refractivity contribution in [1.82, 2.24) is 0 Å². The van der Waals surface area contributed by atoms with Crippen molar-refractivity contribution in [2.24, 2.45) is 0 Å². The number of aryl methyl sites for hydroxylation is 1. The highest BCUT2D eigenvalue weighted by Gasteiger charge is 2.51. The van der Waals surface area contributed by atoms with Gasteiger partial charge in [0.2, 0.25) is 0 Å². The van der Waals surface area contributed by atoms with Gasteiger partial charge >= 0.3 is 6.85 Å². The van der Waals surface area contributed by atoms with Crippen LogP contribution in [0.5, 0.6) is 0 Å². The Hall–Kier alpha value is -5.56. The molecule has 5 heterocycles. The van der Waals surface area contributed by atoms with E-state index in [1.54, 1.807) is 0 Å². The third kappa shape index (κ3) is 4.29. The fourth-order valence-electron chi connectivity index (χ4n) is 11.8. The van der Waals surface area contributed by atoms with E-state index in [-0.39, 0.29) is 17.7 Å². The van der Waals surface area contributed by atoms with Crippen molar-refractivity contribution in [2.45, 2.75) is 71.4 Å². The largest absolute Gasteiger partial charge is 0.456 e. The average Bonchev–Trinajstić information content (AvgIpc) is 3.79. The summed E-state index contributed by atoms with van der Waals surface area (Å²) >= 11 is 1.97. The maximum atomic E-state index is 6.78. The standard InChI is InChI=1S/C53H45BN2OSSi/c1-30-25-36-37(53(4,5)24-23-52(36,2)3)28-40(30)55-41-29-44-34(31-15-8-11-19-43(31)57-44)26-38(41)54-49-42(55)27-35-32-16-9-12-20-45(32)58-51(35)48(49)33-17-14-22-47-50(33)56(54)39-18-10-13-21-46(39)59(47,6)7/h8-22,25-29H,23-24H2,1-7H3. The maximum Gasteiger partial charge on any atom is 0.333 e. The number of hydrogen-bond donors (Lipinski definition) is 0. The number of thiophene rings is 1. The van der Waals surface area contributed by atoms with E-state index in [0.29, 0.717) is 0 Å². The number of nitrogens with zero attached hydrogens (tertiary/aromatic N) is 2. The van der Waals surface area contributed by atoms with Gasteiger partial charge in [0.25, 0.3) is 0 Å². The fraction of sp³-hybridized carbons (Fsp3) is 0.208. The van der Waals surface area contributed by atoms with Gasteiger partial charge in [-0.1, -0.05) is 126 Å². The monoisotopic (exact) mass is 796 g/mol. The Morgan fingerprint density at radius 1 is 0.627 bits per heavy atom. The van der Waals surface area contributed by atoms with Crippen LogP contribution >= 0.6 is 11.3 Å². The average molecular weight is 797 g/mol. The molecule has 3 nitrogen and oxygen atoms in total. The molecule has 3 aliphatic heterocycles. The Morgan fingerprint density at radius 3 is 2.17 bits per heavy atom. The molecular weight excluding hydrogens is 752 g/mol. The first-order valence-electron chi connectivity index (χ1n) is 21.3. The summed E-state index contributed by atoms with van der Waals surface area (Å²) in [5.41, 5.74) is 18.3. The van der Waals surface area contributed by atoms with Gasteiger partial charge in [-0.25, -0.2) is 0 Å². The SMILES string of the molecule is Cc1cc2c(cc1N1c3cc4oc5ccccc5c4cc3B3c4c1cc1c(sc5ccccc51)c4-c1cccc4c1N3c1ccccc1[Si]4(C)C)C(C)(C)CCC2(C)C. The molecule has 1 aliphatic carbocycles. The van der Waals surface area contributed by atoms with Crippen molar-refractivity contribution in [3.8, 4) is 11.1 Å². The fourth-order valence-corrected chi connectivity index (χ4v) is 16.1. The second-order valence-electron chi connectivity index (χ2n) is 19.6. The lowest BCUT2D eigenvalue weighted by Crippen LogP contribution is -2.68. The van der Waals surface area contributed by atoms with Crippen LogP contribution in [-0.2, 0) is 10.8 Å². The summed E-state index contributed by atoms with van der Waals surface area (Å²) in [6.07, 6.45) is 2.36. The van der Waals surface area contributed by atoms with E-state index in [4.69, 9.17) is 4.42 Å². The van der Waals surface area contributed by atoms with Gasteiger partial charge in [-0.05, 0) is 98.9 Å². The number of fused-ring (bicyclic) bond motifs is 14. The van der Waals surface area contributed by atoms with E-state index in [1.807, 2.05) is 11.3 Å². The lowest BCUT2D eigenvalue weighted by molar-refractivity contribution is 0.332. The summed E-state index contributed by atoms with van der Waals surface area (Å²) in [6, 6.07) is 46.8. The normalized spacial score (nSPS) is 17.6.